The molecule has 86 valence electrons. The van der Waals surface area contributed by atoms with Gasteiger partial charge in [0.05, 0.1) is 18.6 Å². The molecule has 0 heterocycles. The molecule has 4 N–H and O–H groups in total. The van der Waals surface area contributed by atoms with E-state index >= 15 is 0 Å². The molecule has 0 atom stereocenters. The number of anilines is 1. The van der Waals surface area contributed by atoms with Crippen LogP contribution in [0, 0.1) is 6.92 Å². The third-order valence-electron chi connectivity index (χ3n) is 1.88. The molecular formula is C11H16N4O. The van der Waals surface area contributed by atoms with Crippen LogP contribution in [0.5, 0.6) is 5.75 Å². The molecule has 0 aliphatic carbocycles. The number of aliphatic imine (C=N–C) groups is 2. The third kappa shape index (κ3) is 4.00. The Balaban J connectivity index is 2.40. The van der Waals surface area contributed by atoms with E-state index in [9.17, 15) is 0 Å². The maximum absolute atomic E-state index is 5.75. The predicted octanol–water partition coefficient (Wildman–Crippen LogP) is 0.971. The van der Waals surface area contributed by atoms with E-state index in [0.717, 1.165) is 5.56 Å². The van der Waals surface area contributed by atoms with Crippen molar-refractivity contribution in [1.29, 1.82) is 0 Å². The van der Waals surface area contributed by atoms with E-state index in [4.69, 9.17) is 16.2 Å². The number of aryl methyl sites for hydroxylation is 1. The van der Waals surface area contributed by atoms with Gasteiger partial charge in [-0.25, -0.2) is 4.99 Å². The Labute approximate surface area is 94.8 Å². The molecule has 1 rings (SSSR count). The summed E-state index contributed by atoms with van der Waals surface area (Å²) in [6, 6.07) is 5.67. The van der Waals surface area contributed by atoms with Crippen molar-refractivity contribution < 1.29 is 4.74 Å². The first-order valence-corrected chi connectivity index (χ1v) is 4.94. The van der Waals surface area contributed by atoms with Crippen molar-refractivity contribution in [1.82, 2.24) is 0 Å². The van der Waals surface area contributed by atoms with Gasteiger partial charge in [-0.05, 0) is 24.6 Å². The smallest absolute Gasteiger partial charge is 0.142 e. The number of nitrogen functional groups attached to an aromatic ring is 1. The van der Waals surface area contributed by atoms with Crippen LogP contribution in [-0.2, 0) is 0 Å². The van der Waals surface area contributed by atoms with Crippen molar-refractivity contribution in [3.63, 3.8) is 0 Å². The lowest BCUT2D eigenvalue weighted by Crippen LogP contribution is -2.03. The number of ether oxygens (including phenoxy) is 1. The number of nitrogens with two attached hydrogens (primary N) is 2. The summed E-state index contributed by atoms with van der Waals surface area (Å²) in [6.45, 7) is 2.97. The summed E-state index contributed by atoms with van der Waals surface area (Å²) in [5, 5.41) is 0. The van der Waals surface area contributed by atoms with Gasteiger partial charge in [-0.3, -0.25) is 4.99 Å². The molecule has 0 aliphatic heterocycles. The Morgan fingerprint density at radius 1 is 1.44 bits per heavy atom. The molecule has 0 radical (unpaired) electrons. The lowest BCUT2D eigenvalue weighted by atomic mass is 10.2. The normalized spacial score (nSPS) is 11.3. The van der Waals surface area contributed by atoms with Crippen LogP contribution in [0.15, 0.2) is 28.2 Å². The van der Waals surface area contributed by atoms with Gasteiger partial charge < -0.3 is 16.2 Å². The van der Waals surface area contributed by atoms with Crippen LogP contribution in [0.4, 0.5) is 5.69 Å². The predicted molar refractivity (Wildman–Crippen MR) is 67.1 cm³/mol. The second kappa shape index (κ2) is 6.44. The van der Waals surface area contributed by atoms with Crippen LogP contribution >= 0.6 is 0 Å². The molecule has 0 unspecified atom stereocenters. The number of hydrogen-bond donors (Lipinski definition) is 2. The molecule has 0 amide bonds. The highest BCUT2D eigenvalue weighted by Crippen LogP contribution is 2.21. The van der Waals surface area contributed by atoms with Crippen molar-refractivity contribution in [2.24, 2.45) is 15.7 Å². The van der Waals surface area contributed by atoms with E-state index in [1.54, 1.807) is 0 Å². The fourth-order valence-corrected chi connectivity index (χ4v) is 1.12. The Kier molecular flexibility index (Phi) is 4.85. The van der Waals surface area contributed by atoms with E-state index in [1.165, 1.54) is 12.7 Å². The highest BCUT2D eigenvalue weighted by molar-refractivity contribution is 5.69. The van der Waals surface area contributed by atoms with Gasteiger partial charge in [-0.2, -0.15) is 0 Å². The SMILES string of the molecule is Cc1ccc(N)c(OCCN=CN=CN)c1. The summed E-state index contributed by atoms with van der Waals surface area (Å²) >= 11 is 0. The Hall–Kier alpha value is -2.04. The molecule has 1 aromatic rings. The quantitative estimate of drug-likeness (QED) is 0.335. The summed E-state index contributed by atoms with van der Waals surface area (Å²) in [4.78, 5) is 7.59. The Morgan fingerprint density at radius 2 is 2.25 bits per heavy atom. The van der Waals surface area contributed by atoms with Gasteiger partial charge in [-0.15, -0.1) is 0 Å². The van der Waals surface area contributed by atoms with Gasteiger partial charge in [0.15, 0.2) is 0 Å². The summed E-state index contributed by atoms with van der Waals surface area (Å²) in [7, 11) is 0. The van der Waals surface area contributed by atoms with Gasteiger partial charge >= 0.3 is 0 Å². The van der Waals surface area contributed by atoms with Crippen LogP contribution in [0.1, 0.15) is 5.56 Å². The number of benzene rings is 1. The summed E-state index contributed by atoms with van der Waals surface area (Å²) in [5.41, 5.74) is 12.5. The minimum Gasteiger partial charge on any atom is -0.489 e. The average Bonchev–Trinajstić information content (AvgIpc) is 2.28. The molecule has 0 saturated heterocycles. The minimum atomic E-state index is 0.463. The first kappa shape index (κ1) is 12.0. The lowest BCUT2D eigenvalue weighted by Gasteiger charge is -2.07. The van der Waals surface area contributed by atoms with E-state index in [-0.39, 0.29) is 0 Å². The highest BCUT2D eigenvalue weighted by atomic mass is 16.5. The monoisotopic (exact) mass is 220 g/mol. The van der Waals surface area contributed by atoms with Gasteiger partial charge in [0.2, 0.25) is 0 Å². The van der Waals surface area contributed by atoms with E-state index in [1.807, 2.05) is 25.1 Å². The van der Waals surface area contributed by atoms with E-state index in [2.05, 4.69) is 9.98 Å². The molecule has 0 bridgehead atoms. The largest absolute Gasteiger partial charge is 0.489 e. The average molecular weight is 220 g/mol. The van der Waals surface area contributed by atoms with Crippen molar-refractivity contribution in [3.05, 3.63) is 23.8 Å². The van der Waals surface area contributed by atoms with Gasteiger partial charge in [-0.1, -0.05) is 6.07 Å². The summed E-state index contributed by atoms with van der Waals surface area (Å²) in [6.07, 6.45) is 2.58. The van der Waals surface area contributed by atoms with Gasteiger partial charge in [0, 0.05) is 0 Å². The second-order valence-corrected chi connectivity index (χ2v) is 3.21. The van der Waals surface area contributed by atoms with Crippen molar-refractivity contribution >= 4 is 18.4 Å². The molecule has 5 heteroatoms. The first-order valence-electron chi connectivity index (χ1n) is 4.94. The molecule has 5 nitrogen and oxygen atoms in total. The number of hydrogen-bond acceptors (Lipinski definition) is 3. The minimum absolute atomic E-state index is 0.463. The van der Waals surface area contributed by atoms with Crippen molar-refractivity contribution in [2.45, 2.75) is 6.92 Å². The zero-order chi connectivity index (χ0) is 11.8. The molecule has 0 aliphatic rings. The Bertz CT molecular complexity index is 388. The van der Waals surface area contributed by atoms with Crippen LogP contribution < -0.4 is 16.2 Å². The highest BCUT2D eigenvalue weighted by Gasteiger charge is 1.99. The van der Waals surface area contributed by atoms with Crippen LogP contribution in [0.25, 0.3) is 0 Å². The number of rotatable bonds is 5. The molecule has 1 aromatic carbocycles. The molecule has 0 fully saturated rings. The van der Waals surface area contributed by atoms with E-state index < -0.39 is 0 Å². The fraction of sp³-hybridized carbons (Fsp3) is 0.273. The van der Waals surface area contributed by atoms with Crippen LogP contribution in [0.3, 0.4) is 0 Å². The van der Waals surface area contributed by atoms with Crippen LogP contribution in [0.2, 0.25) is 0 Å². The third-order valence-corrected chi connectivity index (χ3v) is 1.88. The topological polar surface area (TPSA) is 86.0 Å². The second-order valence-electron chi connectivity index (χ2n) is 3.21. The summed E-state index contributed by atoms with van der Waals surface area (Å²) < 4.78 is 5.48. The maximum Gasteiger partial charge on any atom is 0.142 e. The molecule has 0 spiro atoms. The van der Waals surface area contributed by atoms with E-state index in [0.29, 0.717) is 24.6 Å². The molecule has 0 saturated carbocycles. The fourth-order valence-electron chi connectivity index (χ4n) is 1.12. The lowest BCUT2D eigenvalue weighted by molar-refractivity contribution is 0.330. The summed E-state index contributed by atoms with van der Waals surface area (Å²) in [5.74, 6) is 0.692. The zero-order valence-electron chi connectivity index (χ0n) is 9.26. The van der Waals surface area contributed by atoms with Gasteiger partial charge in [0.1, 0.15) is 18.7 Å². The molecule has 0 aromatic heterocycles. The zero-order valence-corrected chi connectivity index (χ0v) is 9.26. The first-order chi connectivity index (χ1) is 7.74. The Morgan fingerprint density at radius 3 is 3.00 bits per heavy atom. The molecular weight excluding hydrogens is 204 g/mol. The van der Waals surface area contributed by atoms with Crippen LogP contribution in [-0.4, -0.2) is 25.8 Å². The van der Waals surface area contributed by atoms with Crippen molar-refractivity contribution in [2.75, 3.05) is 18.9 Å². The number of nitrogens with zero attached hydrogens (tertiary/aromatic N) is 2. The molecule has 16 heavy (non-hydrogen) atoms. The van der Waals surface area contributed by atoms with Gasteiger partial charge in [0.25, 0.3) is 0 Å². The standard InChI is InChI=1S/C11H16N4O/c1-9-2-3-10(13)11(6-9)16-5-4-14-8-15-7-12/h2-3,6-8H,4-5,13H2,1H3,(H2,12,14,15). The maximum atomic E-state index is 5.75. The van der Waals surface area contributed by atoms with Crippen molar-refractivity contribution in [3.8, 4) is 5.75 Å².